The zero-order chi connectivity index (χ0) is 23.8. The van der Waals surface area contributed by atoms with Crippen molar-refractivity contribution in [3.63, 3.8) is 0 Å². The van der Waals surface area contributed by atoms with Crippen molar-refractivity contribution in [3.05, 3.63) is 47.7 Å². The molecule has 33 heavy (non-hydrogen) atoms. The zero-order valence-corrected chi connectivity index (χ0v) is 18.2. The highest BCUT2D eigenvalue weighted by atomic mass is 19.4. The molecule has 0 unspecified atom stereocenters. The molecule has 9 nitrogen and oxygen atoms in total. The van der Waals surface area contributed by atoms with Crippen LogP contribution in [0.3, 0.4) is 0 Å². The number of hydrogen-bond donors (Lipinski definition) is 2. The number of rotatable bonds is 8. The van der Waals surface area contributed by atoms with Crippen molar-refractivity contribution < 1.29 is 22.8 Å². The van der Waals surface area contributed by atoms with E-state index < -0.39 is 23.9 Å². The third-order valence-electron chi connectivity index (χ3n) is 5.69. The van der Waals surface area contributed by atoms with Crippen molar-refractivity contribution >= 4 is 17.5 Å². The van der Waals surface area contributed by atoms with Gasteiger partial charge in [0.25, 0.3) is 5.91 Å². The second-order valence-corrected chi connectivity index (χ2v) is 8.57. The normalized spacial score (nSPS) is 15.1. The Balaban J connectivity index is 1.34. The molecule has 0 aromatic carbocycles. The first kappa shape index (κ1) is 22.7. The summed E-state index contributed by atoms with van der Waals surface area (Å²) in [6.07, 6.45) is -0.198. The highest BCUT2D eigenvalue weighted by Gasteiger charge is 2.63. The van der Waals surface area contributed by atoms with E-state index in [0.717, 1.165) is 0 Å². The van der Waals surface area contributed by atoms with Crippen molar-refractivity contribution in [2.45, 2.75) is 58.4 Å². The van der Waals surface area contributed by atoms with Crippen molar-refractivity contribution in [3.8, 4) is 0 Å². The molecule has 4 rings (SSSR count). The van der Waals surface area contributed by atoms with E-state index in [1.54, 1.807) is 29.2 Å². The molecule has 3 aromatic rings. The minimum absolute atomic E-state index is 0.00929. The summed E-state index contributed by atoms with van der Waals surface area (Å²) in [5.41, 5.74) is 0.257. The van der Waals surface area contributed by atoms with E-state index in [9.17, 15) is 22.8 Å². The molecule has 0 spiro atoms. The number of nitrogens with zero attached hydrogens (tertiary/aromatic N) is 5. The van der Waals surface area contributed by atoms with Crippen molar-refractivity contribution in [1.29, 1.82) is 0 Å². The number of hydrogen-bond acceptors (Lipinski definition) is 5. The Labute approximate surface area is 187 Å². The average molecular weight is 463 g/mol. The Morgan fingerprint density at radius 3 is 2.61 bits per heavy atom. The van der Waals surface area contributed by atoms with Gasteiger partial charge in [0.15, 0.2) is 5.65 Å². The molecule has 12 heteroatoms. The third-order valence-corrected chi connectivity index (χ3v) is 5.69. The number of halogens is 3. The summed E-state index contributed by atoms with van der Waals surface area (Å²) in [5, 5.41) is 13.7. The summed E-state index contributed by atoms with van der Waals surface area (Å²) in [4.78, 5) is 28.9. The number of imidazole rings is 1. The molecule has 176 valence electrons. The van der Waals surface area contributed by atoms with Gasteiger partial charge in [-0.05, 0) is 44.4 Å². The highest BCUT2D eigenvalue weighted by Crippen LogP contribution is 2.59. The number of nitrogens with one attached hydrogen (secondary N) is 2. The molecule has 3 heterocycles. The van der Waals surface area contributed by atoms with Gasteiger partial charge in [0, 0.05) is 25.2 Å². The van der Waals surface area contributed by atoms with Crippen LogP contribution in [0.2, 0.25) is 0 Å². The molecule has 1 aliphatic rings. The maximum atomic E-state index is 13.0. The lowest BCUT2D eigenvalue weighted by molar-refractivity contribution is -0.190. The zero-order valence-electron chi connectivity index (χ0n) is 18.2. The Kier molecular flexibility index (Phi) is 5.85. The van der Waals surface area contributed by atoms with Crippen LogP contribution in [0.15, 0.2) is 30.7 Å². The van der Waals surface area contributed by atoms with Gasteiger partial charge in [-0.1, -0.05) is 0 Å². The third kappa shape index (κ3) is 4.83. The van der Waals surface area contributed by atoms with Crippen LogP contribution in [0, 0.1) is 5.41 Å². The number of fused-ring (bicyclic) bond motifs is 1. The predicted molar refractivity (Wildman–Crippen MR) is 111 cm³/mol. The van der Waals surface area contributed by atoms with Crippen molar-refractivity contribution in [2.24, 2.45) is 5.41 Å². The van der Waals surface area contributed by atoms with Gasteiger partial charge in [-0.3, -0.25) is 14.3 Å². The second kappa shape index (κ2) is 8.49. The molecule has 0 bridgehead atoms. The van der Waals surface area contributed by atoms with Crippen LogP contribution in [-0.2, 0) is 17.9 Å². The van der Waals surface area contributed by atoms with Crippen molar-refractivity contribution in [2.75, 3.05) is 0 Å². The summed E-state index contributed by atoms with van der Waals surface area (Å²) in [5.74, 6) is -0.918. The predicted octanol–water partition coefficient (Wildman–Crippen LogP) is 2.79. The van der Waals surface area contributed by atoms with E-state index in [1.165, 1.54) is 10.7 Å². The Morgan fingerprint density at radius 2 is 1.94 bits per heavy atom. The molecule has 0 aliphatic heterocycles. The summed E-state index contributed by atoms with van der Waals surface area (Å²) in [6.45, 7) is 4.08. The minimum atomic E-state index is -4.36. The first-order valence-corrected chi connectivity index (χ1v) is 10.6. The summed E-state index contributed by atoms with van der Waals surface area (Å²) in [7, 11) is 0. The van der Waals surface area contributed by atoms with Gasteiger partial charge in [-0.2, -0.15) is 23.4 Å². The largest absolute Gasteiger partial charge is 0.395 e. The Bertz CT molecular complexity index is 1180. The quantitative estimate of drug-likeness (QED) is 0.534. The SMILES string of the molecule is CC(C)n1nccc1C(=O)NCc1cn2ncc(CNC(=O)CC3(C(F)(F)F)CC3)cc2n1. The molecule has 1 fully saturated rings. The summed E-state index contributed by atoms with van der Waals surface area (Å²) in [6, 6.07) is 3.37. The minimum Gasteiger partial charge on any atom is -0.352 e. The van der Waals surface area contributed by atoms with Crippen LogP contribution in [0.25, 0.3) is 5.65 Å². The van der Waals surface area contributed by atoms with Crippen LogP contribution in [-0.4, -0.2) is 42.4 Å². The fourth-order valence-electron chi connectivity index (χ4n) is 3.60. The molecular formula is C21H24F3N7O2. The lowest BCUT2D eigenvalue weighted by Crippen LogP contribution is -2.32. The van der Waals surface area contributed by atoms with Gasteiger partial charge in [0.05, 0.1) is 30.0 Å². The summed E-state index contributed by atoms with van der Waals surface area (Å²) < 4.78 is 42.2. The lowest BCUT2D eigenvalue weighted by atomic mass is 10.0. The molecule has 3 aromatic heterocycles. The fraction of sp³-hybridized carbons (Fsp3) is 0.476. The molecular weight excluding hydrogens is 439 g/mol. The highest BCUT2D eigenvalue weighted by molar-refractivity contribution is 5.92. The molecule has 2 amide bonds. The van der Waals surface area contributed by atoms with Crippen molar-refractivity contribution in [1.82, 2.24) is 35.0 Å². The van der Waals surface area contributed by atoms with E-state index in [4.69, 9.17) is 0 Å². The first-order chi connectivity index (χ1) is 15.6. The molecule has 2 N–H and O–H groups in total. The molecule has 1 aliphatic carbocycles. The smallest absolute Gasteiger partial charge is 0.352 e. The number of aromatic nitrogens is 5. The second-order valence-electron chi connectivity index (χ2n) is 8.57. The Hall–Kier alpha value is -3.44. The van der Waals surface area contributed by atoms with Gasteiger partial charge in [-0.15, -0.1) is 0 Å². The molecule has 0 radical (unpaired) electrons. The van der Waals surface area contributed by atoms with Gasteiger partial charge < -0.3 is 10.6 Å². The lowest BCUT2D eigenvalue weighted by Gasteiger charge is -2.18. The topological polar surface area (TPSA) is 106 Å². The summed E-state index contributed by atoms with van der Waals surface area (Å²) >= 11 is 0. The maximum absolute atomic E-state index is 13.0. The average Bonchev–Trinajstić information content (AvgIpc) is 3.21. The van der Waals surface area contributed by atoms with Crippen LogP contribution in [0.4, 0.5) is 13.2 Å². The van der Waals surface area contributed by atoms with Gasteiger partial charge in [0.1, 0.15) is 5.69 Å². The number of carbonyl (C=O) groups excluding carboxylic acids is 2. The van der Waals surface area contributed by atoms with Crippen LogP contribution < -0.4 is 10.6 Å². The van der Waals surface area contributed by atoms with Crippen LogP contribution >= 0.6 is 0 Å². The van der Waals surface area contributed by atoms with Crippen LogP contribution in [0.1, 0.15) is 60.9 Å². The number of amides is 2. The van der Waals surface area contributed by atoms with E-state index in [0.29, 0.717) is 22.6 Å². The van der Waals surface area contributed by atoms with Gasteiger partial charge in [0.2, 0.25) is 5.91 Å². The number of carbonyl (C=O) groups is 2. The van der Waals surface area contributed by atoms with Gasteiger partial charge in [-0.25, -0.2) is 9.50 Å². The van der Waals surface area contributed by atoms with E-state index >= 15 is 0 Å². The number of alkyl halides is 3. The maximum Gasteiger partial charge on any atom is 0.395 e. The molecule has 0 atom stereocenters. The first-order valence-electron chi connectivity index (χ1n) is 10.6. The standard InChI is InChI=1S/C21H24F3N7O2/c1-13(2)31-16(3-6-27-31)19(33)26-11-15-12-30-17(29-15)7-14(10-28-30)9-25-18(32)8-20(4-5-20)21(22,23)24/h3,6-7,10,12-13H,4-5,8-9,11H2,1-2H3,(H,25,32)(H,26,33). The van der Waals surface area contributed by atoms with E-state index in [1.807, 2.05) is 13.8 Å². The van der Waals surface area contributed by atoms with Gasteiger partial charge >= 0.3 is 6.18 Å². The van der Waals surface area contributed by atoms with E-state index in [2.05, 4.69) is 25.8 Å². The van der Waals surface area contributed by atoms with Crippen LogP contribution in [0.5, 0.6) is 0 Å². The molecule has 1 saturated carbocycles. The molecule has 0 saturated heterocycles. The monoisotopic (exact) mass is 463 g/mol. The fourth-order valence-corrected chi connectivity index (χ4v) is 3.60. The van der Waals surface area contributed by atoms with E-state index in [-0.39, 0.29) is 37.9 Å². The Morgan fingerprint density at radius 1 is 1.18 bits per heavy atom.